The maximum Gasteiger partial charge on any atom is 0.253 e. The molecule has 0 bridgehead atoms. The van der Waals surface area contributed by atoms with Crippen LogP contribution in [-0.4, -0.2) is 17.4 Å². The highest BCUT2D eigenvalue weighted by molar-refractivity contribution is 6.31. The van der Waals surface area contributed by atoms with Crippen molar-refractivity contribution in [2.24, 2.45) is 0 Å². The van der Waals surface area contributed by atoms with E-state index in [1.165, 1.54) is 6.07 Å². The van der Waals surface area contributed by atoms with E-state index in [1.54, 1.807) is 6.07 Å². The first-order valence-corrected chi connectivity index (χ1v) is 5.33. The van der Waals surface area contributed by atoms with Gasteiger partial charge in [0.2, 0.25) is 0 Å². The van der Waals surface area contributed by atoms with E-state index in [-0.39, 0.29) is 10.9 Å². The van der Waals surface area contributed by atoms with Gasteiger partial charge >= 0.3 is 0 Å². The van der Waals surface area contributed by atoms with Crippen LogP contribution in [0.5, 0.6) is 0 Å². The molecule has 5 heteroatoms. The van der Waals surface area contributed by atoms with E-state index in [1.807, 2.05) is 0 Å². The molecule has 0 unspecified atom stereocenters. The molecular weight excluding hydrogens is 231 g/mol. The molecule has 1 aromatic carbocycles. The second-order valence-corrected chi connectivity index (χ2v) is 4.18. The molecule has 0 fully saturated rings. The molecule has 0 atom stereocenters. The van der Waals surface area contributed by atoms with Gasteiger partial charge in [-0.25, -0.2) is 4.39 Å². The van der Waals surface area contributed by atoms with Gasteiger partial charge in [0.1, 0.15) is 0 Å². The molecule has 82 valence electrons. The van der Waals surface area contributed by atoms with Crippen LogP contribution in [0, 0.1) is 5.82 Å². The van der Waals surface area contributed by atoms with Crippen molar-refractivity contribution in [3.63, 3.8) is 0 Å². The second kappa shape index (κ2) is 3.22. The van der Waals surface area contributed by atoms with Crippen molar-refractivity contribution in [2.45, 2.75) is 6.42 Å². The molecule has 0 radical (unpaired) electrons. The fraction of sp³-hybridized carbons (Fsp3) is 0.182. The van der Waals surface area contributed by atoms with Gasteiger partial charge in [-0.05, 0) is 12.1 Å². The molecule has 3 rings (SSSR count). The standard InChI is InChI=1S/C11H8ClFN2O/c12-5-1-2-6-8(10(5)13)9-7(15-6)3-4-14-11(9)16/h1-2,15H,3-4H2,(H,14,16). The summed E-state index contributed by atoms with van der Waals surface area (Å²) in [7, 11) is 0. The topological polar surface area (TPSA) is 44.9 Å². The highest BCUT2D eigenvalue weighted by Crippen LogP contribution is 2.30. The molecule has 1 aliphatic heterocycles. The van der Waals surface area contributed by atoms with Crippen molar-refractivity contribution in [1.29, 1.82) is 0 Å². The van der Waals surface area contributed by atoms with Crippen LogP contribution in [0.25, 0.3) is 10.9 Å². The van der Waals surface area contributed by atoms with Crippen LogP contribution in [0.3, 0.4) is 0 Å². The molecule has 0 aliphatic carbocycles. The van der Waals surface area contributed by atoms with Crippen molar-refractivity contribution < 1.29 is 9.18 Å². The smallest absolute Gasteiger partial charge is 0.253 e. The maximum absolute atomic E-state index is 13.9. The fourth-order valence-corrected chi connectivity index (χ4v) is 2.26. The Morgan fingerprint density at radius 2 is 2.19 bits per heavy atom. The molecule has 3 nitrogen and oxygen atoms in total. The maximum atomic E-state index is 13.9. The van der Waals surface area contributed by atoms with Crippen LogP contribution in [-0.2, 0) is 6.42 Å². The number of fused-ring (bicyclic) bond motifs is 3. The molecule has 2 aromatic rings. The van der Waals surface area contributed by atoms with E-state index in [4.69, 9.17) is 11.6 Å². The van der Waals surface area contributed by atoms with E-state index >= 15 is 0 Å². The zero-order valence-corrected chi connectivity index (χ0v) is 8.99. The van der Waals surface area contributed by atoms with Crippen LogP contribution in [0.4, 0.5) is 4.39 Å². The van der Waals surface area contributed by atoms with Gasteiger partial charge in [-0.3, -0.25) is 4.79 Å². The predicted octanol–water partition coefficient (Wildman–Crippen LogP) is 2.25. The van der Waals surface area contributed by atoms with E-state index in [0.717, 1.165) is 5.69 Å². The number of aromatic amines is 1. The molecule has 1 aromatic heterocycles. The molecule has 2 N–H and O–H groups in total. The second-order valence-electron chi connectivity index (χ2n) is 3.77. The average Bonchev–Trinajstić information content (AvgIpc) is 2.64. The number of amides is 1. The number of rotatable bonds is 0. The third-order valence-electron chi connectivity index (χ3n) is 2.82. The zero-order chi connectivity index (χ0) is 11.3. The van der Waals surface area contributed by atoms with Crippen molar-refractivity contribution in [3.8, 4) is 0 Å². The van der Waals surface area contributed by atoms with Gasteiger partial charge in [-0.15, -0.1) is 0 Å². The van der Waals surface area contributed by atoms with Gasteiger partial charge < -0.3 is 10.3 Å². The number of aromatic nitrogens is 1. The van der Waals surface area contributed by atoms with Gasteiger partial charge in [0.05, 0.1) is 10.6 Å². The first kappa shape index (κ1) is 9.66. The highest BCUT2D eigenvalue weighted by Gasteiger charge is 2.24. The van der Waals surface area contributed by atoms with Crippen LogP contribution < -0.4 is 5.32 Å². The summed E-state index contributed by atoms with van der Waals surface area (Å²) in [5, 5.41) is 3.02. The molecule has 2 heterocycles. The highest BCUT2D eigenvalue weighted by atomic mass is 35.5. The number of hydrogen-bond donors (Lipinski definition) is 2. The number of nitrogens with one attached hydrogen (secondary N) is 2. The van der Waals surface area contributed by atoms with Crippen LogP contribution in [0.1, 0.15) is 16.1 Å². The van der Waals surface area contributed by atoms with E-state index in [0.29, 0.717) is 29.4 Å². The molecule has 0 spiro atoms. The van der Waals surface area contributed by atoms with Gasteiger partial charge in [-0.1, -0.05) is 11.6 Å². The number of halogens is 2. The summed E-state index contributed by atoms with van der Waals surface area (Å²) >= 11 is 5.71. The number of benzene rings is 1. The fourth-order valence-electron chi connectivity index (χ4n) is 2.10. The van der Waals surface area contributed by atoms with Crippen molar-refractivity contribution in [2.75, 3.05) is 6.54 Å². The molecule has 16 heavy (non-hydrogen) atoms. The molecule has 0 saturated carbocycles. The molecular formula is C11H8ClFN2O. The van der Waals surface area contributed by atoms with Gasteiger partial charge in [0.25, 0.3) is 5.91 Å². The summed E-state index contributed by atoms with van der Waals surface area (Å²) in [6.45, 7) is 0.577. The number of carbonyl (C=O) groups is 1. The van der Waals surface area contributed by atoms with Crippen molar-refractivity contribution in [3.05, 3.63) is 34.2 Å². The lowest BCUT2D eigenvalue weighted by Gasteiger charge is -2.12. The van der Waals surface area contributed by atoms with Crippen LogP contribution in [0.2, 0.25) is 5.02 Å². The Morgan fingerprint density at radius 3 is 3.00 bits per heavy atom. The Hall–Kier alpha value is -1.55. The minimum atomic E-state index is -0.534. The Kier molecular flexibility index (Phi) is 1.94. The number of carbonyl (C=O) groups excluding carboxylic acids is 1. The average molecular weight is 239 g/mol. The van der Waals surface area contributed by atoms with Gasteiger partial charge in [0, 0.05) is 29.6 Å². The number of H-pyrrole nitrogens is 1. The summed E-state index contributed by atoms with van der Waals surface area (Å²) in [6, 6.07) is 3.17. The van der Waals surface area contributed by atoms with Crippen molar-refractivity contribution >= 4 is 28.4 Å². The lowest BCUT2D eigenvalue weighted by molar-refractivity contribution is 0.0947. The first-order chi connectivity index (χ1) is 7.68. The van der Waals surface area contributed by atoms with E-state index in [9.17, 15) is 9.18 Å². The zero-order valence-electron chi connectivity index (χ0n) is 8.23. The van der Waals surface area contributed by atoms with E-state index < -0.39 is 5.82 Å². The Morgan fingerprint density at radius 1 is 1.38 bits per heavy atom. The summed E-state index contributed by atoms with van der Waals surface area (Å²) in [5.74, 6) is -0.776. The summed E-state index contributed by atoms with van der Waals surface area (Å²) < 4.78 is 13.9. The van der Waals surface area contributed by atoms with Crippen molar-refractivity contribution in [1.82, 2.24) is 10.3 Å². The molecule has 1 aliphatic rings. The third kappa shape index (κ3) is 1.16. The third-order valence-corrected chi connectivity index (χ3v) is 3.11. The lowest BCUT2D eigenvalue weighted by atomic mass is 10.1. The SMILES string of the molecule is O=C1NCCc2[nH]c3ccc(Cl)c(F)c3c21. The number of hydrogen-bond acceptors (Lipinski definition) is 1. The van der Waals surface area contributed by atoms with E-state index in [2.05, 4.69) is 10.3 Å². The minimum Gasteiger partial charge on any atom is -0.358 e. The predicted molar refractivity (Wildman–Crippen MR) is 59.3 cm³/mol. The largest absolute Gasteiger partial charge is 0.358 e. The quantitative estimate of drug-likeness (QED) is 0.727. The monoisotopic (exact) mass is 238 g/mol. The Balaban J connectivity index is 2.44. The minimum absolute atomic E-state index is 0.0349. The Labute approximate surface area is 95.6 Å². The summed E-state index contributed by atoms with van der Waals surface area (Å²) in [4.78, 5) is 14.7. The van der Waals surface area contributed by atoms with Crippen LogP contribution >= 0.6 is 11.6 Å². The molecule has 0 saturated heterocycles. The Bertz CT molecular complexity index is 606. The first-order valence-electron chi connectivity index (χ1n) is 4.95. The lowest BCUT2D eigenvalue weighted by Crippen LogP contribution is -2.31. The van der Waals surface area contributed by atoms with Crippen LogP contribution in [0.15, 0.2) is 12.1 Å². The van der Waals surface area contributed by atoms with Gasteiger partial charge in [0.15, 0.2) is 5.82 Å². The van der Waals surface area contributed by atoms with Gasteiger partial charge in [-0.2, -0.15) is 0 Å². The molecule has 1 amide bonds. The summed E-state index contributed by atoms with van der Waals surface area (Å²) in [6.07, 6.45) is 0.687. The summed E-state index contributed by atoms with van der Waals surface area (Å²) in [5.41, 5.74) is 1.78. The normalized spacial score (nSPS) is 15.0.